The highest BCUT2D eigenvalue weighted by molar-refractivity contribution is 5.72. The molecule has 1 unspecified atom stereocenters. The molecule has 0 radical (unpaired) electrons. The van der Waals surface area contributed by atoms with Crippen molar-refractivity contribution in [3.05, 3.63) is 0 Å². The van der Waals surface area contributed by atoms with Crippen LogP contribution in [-0.4, -0.2) is 24.2 Å². The molecule has 0 amide bonds. The summed E-state index contributed by atoms with van der Waals surface area (Å²) in [5.74, 6) is -1.05. The first kappa shape index (κ1) is 14.0. The maximum Gasteiger partial charge on any atom is 0.305 e. The lowest BCUT2D eigenvalue weighted by Gasteiger charge is -2.15. The van der Waals surface area contributed by atoms with E-state index in [1.807, 2.05) is 0 Å². The van der Waals surface area contributed by atoms with Crippen LogP contribution >= 0.6 is 0 Å². The number of carboxylic acid groups (broad SMARTS) is 1. The molecule has 0 saturated heterocycles. The topological polar surface area (TPSA) is 63.6 Å². The van der Waals surface area contributed by atoms with Gasteiger partial charge in [0.25, 0.3) is 0 Å². The molecular formula is C13H22O4. The van der Waals surface area contributed by atoms with E-state index in [1.165, 1.54) is 7.11 Å². The van der Waals surface area contributed by atoms with E-state index < -0.39 is 5.97 Å². The number of carbonyl (C=O) groups excluding carboxylic acids is 1. The minimum Gasteiger partial charge on any atom is -0.481 e. The molecule has 1 saturated carbocycles. The van der Waals surface area contributed by atoms with Crippen molar-refractivity contribution in [3.63, 3.8) is 0 Å². The highest BCUT2D eigenvalue weighted by Crippen LogP contribution is 2.72. The molecule has 98 valence electrons. The summed E-state index contributed by atoms with van der Waals surface area (Å²) >= 11 is 0. The van der Waals surface area contributed by atoms with Gasteiger partial charge < -0.3 is 9.84 Å². The maximum absolute atomic E-state index is 11.3. The molecule has 1 aliphatic rings. The van der Waals surface area contributed by atoms with Gasteiger partial charge in [0, 0.05) is 12.8 Å². The number of methoxy groups -OCH3 is 1. The third-order valence-electron chi connectivity index (χ3n) is 4.70. The largest absolute Gasteiger partial charge is 0.481 e. The average Bonchev–Trinajstić information content (AvgIpc) is 2.55. The van der Waals surface area contributed by atoms with Crippen molar-refractivity contribution in [2.45, 2.75) is 40.5 Å². The predicted molar refractivity (Wildman–Crippen MR) is 63.4 cm³/mol. The molecule has 1 atom stereocenters. The fourth-order valence-corrected chi connectivity index (χ4v) is 3.26. The van der Waals surface area contributed by atoms with Crippen molar-refractivity contribution in [1.82, 2.24) is 0 Å². The molecule has 0 spiro atoms. The van der Waals surface area contributed by atoms with E-state index in [4.69, 9.17) is 5.11 Å². The molecule has 0 aliphatic heterocycles. The van der Waals surface area contributed by atoms with E-state index >= 15 is 0 Å². The van der Waals surface area contributed by atoms with Crippen molar-refractivity contribution < 1.29 is 19.4 Å². The van der Waals surface area contributed by atoms with Gasteiger partial charge in [0.2, 0.25) is 0 Å². The Kier molecular flexibility index (Phi) is 3.55. The lowest BCUT2D eigenvalue weighted by Crippen LogP contribution is -2.18. The van der Waals surface area contributed by atoms with Crippen molar-refractivity contribution in [2.24, 2.45) is 22.7 Å². The summed E-state index contributed by atoms with van der Waals surface area (Å²) in [5.41, 5.74) is 0.169. The number of carbonyl (C=O) groups is 2. The van der Waals surface area contributed by atoms with Crippen LogP contribution in [-0.2, 0) is 14.3 Å². The molecule has 1 N–H and O–H groups in total. The Labute approximate surface area is 102 Å². The van der Waals surface area contributed by atoms with Crippen LogP contribution in [0.15, 0.2) is 0 Å². The quantitative estimate of drug-likeness (QED) is 0.751. The first-order valence-corrected chi connectivity index (χ1v) is 5.93. The third kappa shape index (κ3) is 2.45. The van der Waals surface area contributed by atoms with Gasteiger partial charge in [0.1, 0.15) is 0 Å². The number of hydrogen-bond donors (Lipinski definition) is 1. The van der Waals surface area contributed by atoms with Crippen LogP contribution in [0.25, 0.3) is 0 Å². The van der Waals surface area contributed by atoms with E-state index in [9.17, 15) is 9.59 Å². The van der Waals surface area contributed by atoms with Gasteiger partial charge in [0.15, 0.2) is 0 Å². The van der Waals surface area contributed by atoms with Gasteiger partial charge in [-0.1, -0.05) is 27.7 Å². The number of ether oxygens (including phenoxy) is 1. The average molecular weight is 242 g/mol. The lowest BCUT2D eigenvalue weighted by atomic mass is 9.90. The zero-order chi connectivity index (χ0) is 13.4. The van der Waals surface area contributed by atoms with Crippen LogP contribution in [0.2, 0.25) is 0 Å². The van der Waals surface area contributed by atoms with Crippen LogP contribution < -0.4 is 0 Å². The molecule has 0 aromatic rings. The molecule has 17 heavy (non-hydrogen) atoms. The van der Waals surface area contributed by atoms with Crippen LogP contribution in [0, 0.1) is 22.7 Å². The lowest BCUT2D eigenvalue weighted by molar-refractivity contribution is -0.143. The van der Waals surface area contributed by atoms with Gasteiger partial charge in [-0.15, -0.1) is 0 Å². The summed E-state index contributed by atoms with van der Waals surface area (Å²) < 4.78 is 4.64. The van der Waals surface area contributed by atoms with Crippen LogP contribution in [0.3, 0.4) is 0 Å². The zero-order valence-electron chi connectivity index (χ0n) is 11.2. The van der Waals surface area contributed by atoms with Crippen molar-refractivity contribution in [2.75, 3.05) is 7.11 Å². The highest BCUT2D eigenvalue weighted by Gasteiger charge is 2.67. The molecular weight excluding hydrogens is 220 g/mol. The molecule has 1 fully saturated rings. The standard InChI is InChI=1S/C13H22O4/c1-12(2)11(13(12,3)4)8(6-9(14)15)7-10(16)17-5/h8,11H,6-7H2,1-5H3,(H,14,15). The summed E-state index contributed by atoms with van der Waals surface area (Å²) in [7, 11) is 1.34. The Morgan fingerprint density at radius 2 is 1.65 bits per heavy atom. The molecule has 0 bridgehead atoms. The highest BCUT2D eigenvalue weighted by atomic mass is 16.5. The molecule has 0 aromatic heterocycles. The smallest absolute Gasteiger partial charge is 0.305 e. The van der Waals surface area contributed by atoms with Gasteiger partial charge >= 0.3 is 11.9 Å². The molecule has 0 aromatic carbocycles. The second kappa shape index (κ2) is 4.31. The van der Waals surface area contributed by atoms with Crippen molar-refractivity contribution in [1.29, 1.82) is 0 Å². The fraction of sp³-hybridized carbons (Fsp3) is 0.846. The number of rotatable bonds is 5. The van der Waals surface area contributed by atoms with Crippen molar-refractivity contribution >= 4 is 11.9 Å². The predicted octanol–water partition coefficient (Wildman–Crippen LogP) is 2.32. The second-order valence-corrected chi connectivity index (χ2v) is 6.06. The van der Waals surface area contributed by atoms with E-state index in [1.54, 1.807) is 0 Å². The van der Waals surface area contributed by atoms with Gasteiger partial charge in [-0.05, 0) is 22.7 Å². The molecule has 4 nitrogen and oxygen atoms in total. The van der Waals surface area contributed by atoms with Crippen molar-refractivity contribution in [3.8, 4) is 0 Å². The van der Waals surface area contributed by atoms with Gasteiger partial charge in [0.05, 0.1) is 7.11 Å². The SMILES string of the molecule is COC(=O)CC(CC(=O)O)C1C(C)(C)C1(C)C. The van der Waals surface area contributed by atoms with Gasteiger partial charge in [-0.3, -0.25) is 9.59 Å². The summed E-state index contributed by atoms with van der Waals surface area (Å²) in [4.78, 5) is 22.2. The Morgan fingerprint density at radius 1 is 1.18 bits per heavy atom. The van der Waals surface area contributed by atoms with E-state index in [2.05, 4.69) is 32.4 Å². The molecule has 0 heterocycles. The summed E-state index contributed by atoms with van der Waals surface area (Å²) in [6, 6.07) is 0. The monoisotopic (exact) mass is 242 g/mol. The van der Waals surface area contributed by atoms with E-state index in [-0.39, 0.29) is 41.5 Å². The molecule has 1 aliphatic carbocycles. The fourth-order valence-electron chi connectivity index (χ4n) is 3.26. The van der Waals surface area contributed by atoms with Crippen LogP contribution in [0.4, 0.5) is 0 Å². The molecule has 1 rings (SSSR count). The summed E-state index contributed by atoms with van der Waals surface area (Å²) in [6.07, 6.45) is 0.229. The Bertz CT molecular complexity index is 316. The van der Waals surface area contributed by atoms with Crippen LogP contribution in [0.5, 0.6) is 0 Å². The summed E-state index contributed by atoms with van der Waals surface area (Å²) in [5, 5.41) is 8.93. The molecule has 4 heteroatoms. The Balaban J connectivity index is 2.79. The zero-order valence-corrected chi connectivity index (χ0v) is 11.2. The number of esters is 1. The maximum atomic E-state index is 11.3. The Hall–Kier alpha value is -1.06. The van der Waals surface area contributed by atoms with E-state index in [0.717, 1.165) is 0 Å². The van der Waals surface area contributed by atoms with Crippen LogP contribution in [0.1, 0.15) is 40.5 Å². The van der Waals surface area contributed by atoms with E-state index in [0.29, 0.717) is 0 Å². The summed E-state index contributed by atoms with van der Waals surface area (Å²) in [6.45, 7) is 8.52. The number of aliphatic carboxylic acids is 1. The van der Waals surface area contributed by atoms with Gasteiger partial charge in [-0.25, -0.2) is 0 Å². The Morgan fingerprint density at radius 3 is 1.94 bits per heavy atom. The first-order chi connectivity index (χ1) is 7.64. The second-order valence-electron chi connectivity index (χ2n) is 6.06. The third-order valence-corrected chi connectivity index (χ3v) is 4.70. The first-order valence-electron chi connectivity index (χ1n) is 5.93. The van der Waals surface area contributed by atoms with Gasteiger partial charge in [-0.2, -0.15) is 0 Å². The minimum atomic E-state index is -0.850. The minimum absolute atomic E-state index is 0.0344. The normalized spacial score (nSPS) is 22.9. The number of hydrogen-bond acceptors (Lipinski definition) is 3. The number of carboxylic acids is 1.